The van der Waals surface area contributed by atoms with Gasteiger partial charge in [-0.05, 0) is 37.3 Å². The Morgan fingerprint density at radius 2 is 2.00 bits per heavy atom. The Kier molecular flexibility index (Phi) is 2.51. The van der Waals surface area contributed by atoms with Crippen LogP contribution in [0.3, 0.4) is 0 Å². The minimum atomic E-state index is 0.253. The summed E-state index contributed by atoms with van der Waals surface area (Å²) in [7, 11) is 0. The standard InChI is InChI=1S/C11H15N5S/c12-11-15-14-10(16(11)13)9-6-7-4-2-1-3-5-8(7)17-9/h6H,1-5,13H2,(H2,12,15). The maximum absolute atomic E-state index is 5.80. The molecule has 0 bridgehead atoms. The SMILES string of the molecule is Nc1nnc(-c2cc3c(s2)CCCCC3)n1N. The van der Waals surface area contributed by atoms with E-state index < -0.39 is 0 Å². The van der Waals surface area contributed by atoms with Gasteiger partial charge < -0.3 is 11.6 Å². The number of anilines is 1. The van der Waals surface area contributed by atoms with Gasteiger partial charge >= 0.3 is 0 Å². The molecule has 0 spiro atoms. The van der Waals surface area contributed by atoms with Crippen LogP contribution in [-0.2, 0) is 12.8 Å². The molecule has 2 heterocycles. The molecule has 0 amide bonds. The maximum atomic E-state index is 5.80. The second-order valence-corrected chi connectivity index (χ2v) is 5.51. The molecule has 1 aliphatic rings. The number of nitrogens with zero attached hydrogens (tertiary/aromatic N) is 3. The van der Waals surface area contributed by atoms with Crippen LogP contribution in [0.1, 0.15) is 29.7 Å². The Morgan fingerprint density at radius 3 is 2.76 bits per heavy atom. The van der Waals surface area contributed by atoms with E-state index in [-0.39, 0.29) is 5.95 Å². The zero-order valence-electron chi connectivity index (χ0n) is 9.52. The maximum Gasteiger partial charge on any atom is 0.241 e. The van der Waals surface area contributed by atoms with Crippen LogP contribution in [-0.4, -0.2) is 14.9 Å². The van der Waals surface area contributed by atoms with E-state index in [1.807, 2.05) is 0 Å². The third kappa shape index (κ3) is 1.78. The molecule has 4 N–H and O–H groups in total. The van der Waals surface area contributed by atoms with Gasteiger partial charge in [-0.15, -0.1) is 21.5 Å². The van der Waals surface area contributed by atoms with Crippen LogP contribution in [0.2, 0.25) is 0 Å². The summed E-state index contributed by atoms with van der Waals surface area (Å²) >= 11 is 1.77. The fraction of sp³-hybridized carbons (Fsp3) is 0.455. The predicted molar refractivity (Wildman–Crippen MR) is 69.2 cm³/mol. The van der Waals surface area contributed by atoms with Crippen molar-refractivity contribution in [2.75, 3.05) is 11.6 Å². The van der Waals surface area contributed by atoms with Gasteiger partial charge in [-0.1, -0.05) is 6.42 Å². The number of aryl methyl sites for hydroxylation is 2. The zero-order chi connectivity index (χ0) is 11.8. The molecule has 0 aromatic carbocycles. The van der Waals surface area contributed by atoms with Crippen molar-refractivity contribution < 1.29 is 0 Å². The summed E-state index contributed by atoms with van der Waals surface area (Å²) in [6, 6.07) is 2.19. The molecular weight excluding hydrogens is 234 g/mol. The molecule has 0 fully saturated rings. The number of rotatable bonds is 1. The summed E-state index contributed by atoms with van der Waals surface area (Å²) in [5.41, 5.74) is 7.04. The van der Waals surface area contributed by atoms with Crippen molar-refractivity contribution in [3.05, 3.63) is 16.5 Å². The van der Waals surface area contributed by atoms with Crippen LogP contribution >= 0.6 is 11.3 Å². The fourth-order valence-electron chi connectivity index (χ4n) is 2.25. The van der Waals surface area contributed by atoms with E-state index in [4.69, 9.17) is 11.6 Å². The van der Waals surface area contributed by atoms with Gasteiger partial charge in [0.05, 0.1) is 4.88 Å². The van der Waals surface area contributed by atoms with Gasteiger partial charge in [-0.2, -0.15) is 0 Å². The van der Waals surface area contributed by atoms with Crippen molar-refractivity contribution in [2.24, 2.45) is 0 Å². The van der Waals surface area contributed by atoms with E-state index in [1.54, 1.807) is 11.3 Å². The Morgan fingerprint density at radius 1 is 1.18 bits per heavy atom. The Bertz CT molecular complexity index is 519. The molecule has 6 heteroatoms. The van der Waals surface area contributed by atoms with Gasteiger partial charge in [0.25, 0.3) is 0 Å². The topological polar surface area (TPSA) is 82.8 Å². The molecule has 2 aromatic rings. The van der Waals surface area contributed by atoms with Crippen molar-refractivity contribution in [1.29, 1.82) is 0 Å². The lowest BCUT2D eigenvalue weighted by molar-refractivity contribution is 0.712. The number of nitrogens with two attached hydrogens (primary N) is 2. The molecule has 90 valence electrons. The molecule has 1 aliphatic carbocycles. The predicted octanol–water partition coefficient (Wildman–Crippen LogP) is 1.57. The summed E-state index contributed by atoms with van der Waals surface area (Å²) in [5, 5.41) is 7.82. The number of hydrogen-bond donors (Lipinski definition) is 2. The largest absolute Gasteiger partial charge is 0.366 e. The third-order valence-electron chi connectivity index (χ3n) is 3.19. The first kappa shape index (κ1) is 10.6. The summed E-state index contributed by atoms with van der Waals surface area (Å²) in [4.78, 5) is 2.54. The van der Waals surface area contributed by atoms with Gasteiger partial charge in [-0.3, -0.25) is 0 Å². The number of hydrogen-bond acceptors (Lipinski definition) is 5. The molecular formula is C11H15N5S. The van der Waals surface area contributed by atoms with Crippen molar-refractivity contribution in [1.82, 2.24) is 14.9 Å². The first-order chi connectivity index (χ1) is 8.25. The van der Waals surface area contributed by atoms with Gasteiger partial charge in [0, 0.05) is 4.88 Å². The molecule has 0 atom stereocenters. The van der Waals surface area contributed by atoms with E-state index in [0.29, 0.717) is 5.82 Å². The second kappa shape index (κ2) is 4.03. The van der Waals surface area contributed by atoms with Gasteiger partial charge in [0.15, 0.2) is 5.82 Å². The van der Waals surface area contributed by atoms with Crippen LogP contribution in [0.4, 0.5) is 5.95 Å². The van der Waals surface area contributed by atoms with Crippen molar-refractivity contribution in [2.45, 2.75) is 32.1 Å². The van der Waals surface area contributed by atoms with E-state index in [1.165, 1.54) is 47.2 Å². The Balaban J connectivity index is 2.02. The minimum absolute atomic E-state index is 0.253. The average molecular weight is 249 g/mol. The number of aromatic nitrogens is 3. The molecule has 17 heavy (non-hydrogen) atoms. The quantitative estimate of drug-likeness (QED) is 0.593. The monoisotopic (exact) mass is 249 g/mol. The van der Waals surface area contributed by atoms with E-state index in [0.717, 1.165) is 4.88 Å². The first-order valence-electron chi connectivity index (χ1n) is 5.83. The number of nitrogen functional groups attached to an aromatic ring is 2. The lowest BCUT2D eigenvalue weighted by atomic mass is 10.1. The van der Waals surface area contributed by atoms with Crippen LogP contribution in [0.25, 0.3) is 10.7 Å². The molecule has 0 saturated heterocycles. The summed E-state index contributed by atoms with van der Waals surface area (Å²) in [6.45, 7) is 0. The van der Waals surface area contributed by atoms with E-state index in [9.17, 15) is 0 Å². The first-order valence-corrected chi connectivity index (χ1v) is 6.65. The van der Waals surface area contributed by atoms with E-state index in [2.05, 4.69) is 16.3 Å². The van der Waals surface area contributed by atoms with Gasteiger partial charge in [0.1, 0.15) is 0 Å². The summed E-state index contributed by atoms with van der Waals surface area (Å²) in [6.07, 6.45) is 6.23. The summed E-state index contributed by atoms with van der Waals surface area (Å²) in [5.74, 6) is 6.72. The number of fused-ring (bicyclic) bond motifs is 1. The van der Waals surface area contributed by atoms with Gasteiger partial charge in [0.2, 0.25) is 5.95 Å². The number of thiophene rings is 1. The molecule has 3 rings (SSSR count). The molecule has 0 saturated carbocycles. The minimum Gasteiger partial charge on any atom is -0.366 e. The molecule has 5 nitrogen and oxygen atoms in total. The van der Waals surface area contributed by atoms with E-state index >= 15 is 0 Å². The average Bonchev–Trinajstić information content (AvgIpc) is 2.78. The van der Waals surface area contributed by atoms with Gasteiger partial charge in [-0.25, -0.2) is 4.68 Å². The molecule has 2 aromatic heterocycles. The lowest BCUT2D eigenvalue weighted by Crippen LogP contribution is -2.12. The second-order valence-electron chi connectivity index (χ2n) is 4.37. The Hall–Kier alpha value is -1.56. The fourth-order valence-corrected chi connectivity index (χ4v) is 3.48. The highest BCUT2D eigenvalue weighted by molar-refractivity contribution is 7.15. The third-order valence-corrected chi connectivity index (χ3v) is 4.42. The van der Waals surface area contributed by atoms with Crippen LogP contribution in [0, 0.1) is 0 Å². The highest BCUT2D eigenvalue weighted by atomic mass is 32.1. The van der Waals surface area contributed by atoms with Crippen LogP contribution in [0.5, 0.6) is 0 Å². The molecule has 0 aliphatic heterocycles. The highest BCUT2D eigenvalue weighted by Crippen LogP contribution is 2.34. The summed E-state index contributed by atoms with van der Waals surface area (Å²) < 4.78 is 1.35. The molecule has 0 radical (unpaired) electrons. The normalized spacial score (nSPS) is 15.5. The van der Waals surface area contributed by atoms with Crippen molar-refractivity contribution in [3.8, 4) is 10.7 Å². The molecule has 0 unspecified atom stereocenters. The Labute approximate surface area is 103 Å². The van der Waals surface area contributed by atoms with Crippen LogP contribution < -0.4 is 11.6 Å². The highest BCUT2D eigenvalue weighted by Gasteiger charge is 2.17. The van der Waals surface area contributed by atoms with Crippen LogP contribution in [0.15, 0.2) is 6.07 Å². The smallest absolute Gasteiger partial charge is 0.241 e. The lowest BCUT2D eigenvalue weighted by Gasteiger charge is -1.97. The van der Waals surface area contributed by atoms with Crippen molar-refractivity contribution in [3.63, 3.8) is 0 Å². The zero-order valence-corrected chi connectivity index (χ0v) is 10.3. The van der Waals surface area contributed by atoms with Crippen molar-refractivity contribution >= 4 is 17.3 Å².